The zero-order chi connectivity index (χ0) is 26.5. The summed E-state index contributed by atoms with van der Waals surface area (Å²) in [7, 11) is 1.62. The molecule has 0 saturated heterocycles. The number of carbonyl (C=O) groups excluding carboxylic acids is 1. The van der Waals surface area contributed by atoms with Gasteiger partial charge in [0.05, 0.1) is 35.5 Å². The van der Waals surface area contributed by atoms with Gasteiger partial charge >= 0.3 is 0 Å². The van der Waals surface area contributed by atoms with Gasteiger partial charge in [0, 0.05) is 11.6 Å². The van der Waals surface area contributed by atoms with Crippen molar-refractivity contribution in [3.63, 3.8) is 0 Å². The fourth-order valence-electron chi connectivity index (χ4n) is 4.11. The Balaban J connectivity index is 1.57. The van der Waals surface area contributed by atoms with E-state index in [0.29, 0.717) is 34.6 Å². The Bertz CT molecular complexity index is 1520. The molecule has 2 heterocycles. The van der Waals surface area contributed by atoms with E-state index in [1.807, 2.05) is 108 Å². The van der Waals surface area contributed by atoms with Gasteiger partial charge in [0.2, 0.25) is 5.88 Å². The molecule has 0 bridgehead atoms. The third kappa shape index (κ3) is 5.74. The van der Waals surface area contributed by atoms with Crippen LogP contribution >= 0.6 is 22.9 Å². The number of aryl methyl sites for hydroxylation is 1. The van der Waals surface area contributed by atoms with Gasteiger partial charge in [-0.15, -0.1) is 11.3 Å². The van der Waals surface area contributed by atoms with Gasteiger partial charge in [0.25, 0.3) is 5.91 Å². The molecule has 1 amide bonds. The second-order valence-corrected chi connectivity index (χ2v) is 10.0. The first kappa shape index (κ1) is 25.6. The first-order valence-corrected chi connectivity index (χ1v) is 13.3. The number of halogens is 1. The molecule has 0 aliphatic carbocycles. The maximum Gasteiger partial charge on any atom is 0.264 e. The highest BCUT2D eigenvalue weighted by Crippen LogP contribution is 2.33. The zero-order valence-corrected chi connectivity index (χ0v) is 22.6. The molecule has 2 aromatic heterocycles. The fourth-order valence-corrected chi connectivity index (χ4v) is 4.99. The molecule has 0 aliphatic heterocycles. The summed E-state index contributed by atoms with van der Waals surface area (Å²) < 4.78 is 13.5. The molecule has 192 valence electrons. The molecule has 6 nitrogen and oxygen atoms in total. The Labute approximate surface area is 230 Å². The lowest BCUT2D eigenvalue weighted by Gasteiger charge is -2.23. The summed E-state index contributed by atoms with van der Waals surface area (Å²) in [6.07, 6.45) is 0. The van der Waals surface area contributed by atoms with Crippen LogP contribution in [0.25, 0.3) is 5.69 Å². The van der Waals surface area contributed by atoms with E-state index in [4.69, 9.17) is 26.2 Å². The summed E-state index contributed by atoms with van der Waals surface area (Å²) in [4.78, 5) is 16.1. The molecule has 0 atom stereocenters. The maximum absolute atomic E-state index is 13.6. The Morgan fingerprint density at radius 1 is 0.947 bits per heavy atom. The van der Waals surface area contributed by atoms with Crippen molar-refractivity contribution in [1.82, 2.24) is 14.7 Å². The van der Waals surface area contributed by atoms with Crippen LogP contribution in [-0.4, -0.2) is 27.7 Å². The van der Waals surface area contributed by atoms with Crippen LogP contribution in [0.15, 0.2) is 96.4 Å². The Morgan fingerprint density at radius 2 is 1.71 bits per heavy atom. The summed E-state index contributed by atoms with van der Waals surface area (Å²) in [5, 5.41) is 7.31. The van der Waals surface area contributed by atoms with Crippen LogP contribution in [0.2, 0.25) is 5.02 Å². The standard InChI is InChI=1S/C30H26ClN3O3S/c1-21-27(20-33(19-22-8-4-3-5-9-22)29(35)28-12-7-17-38-28)30(37-26-15-13-25(36-2)14-16-26)34(32-21)24-11-6-10-23(31)18-24/h3-18H,19-20H2,1-2H3. The van der Waals surface area contributed by atoms with E-state index in [1.54, 1.807) is 11.8 Å². The topological polar surface area (TPSA) is 56.6 Å². The maximum atomic E-state index is 13.6. The molecule has 0 aliphatic rings. The smallest absolute Gasteiger partial charge is 0.264 e. The van der Waals surface area contributed by atoms with Crippen LogP contribution in [0, 0.1) is 6.92 Å². The monoisotopic (exact) mass is 543 g/mol. The second kappa shape index (κ2) is 11.5. The van der Waals surface area contributed by atoms with Crippen LogP contribution < -0.4 is 9.47 Å². The number of methoxy groups -OCH3 is 1. The minimum Gasteiger partial charge on any atom is -0.497 e. The van der Waals surface area contributed by atoms with Crippen molar-refractivity contribution < 1.29 is 14.3 Å². The predicted molar refractivity (Wildman–Crippen MR) is 151 cm³/mol. The van der Waals surface area contributed by atoms with E-state index in [0.717, 1.165) is 28.3 Å². The summed E-state index contributed by atoms with van der Waals surface area (Å²) in [6, 6.07) is 28.5. The summed E-state index contributed by atoms with van der Waals surface area (Å²) >= 11 is 7.74. The largest absolute Gasteiger partial charge is 0.497 e. The predicted octanol–water partition coefficient (Wildman–Crippen LogP) is 7.54. The van der Waals surface area contributed by atoms with E-state index >= 15 is 0 Å². The third-order valence-electron chi connectivity index (χ3n) is 6.05. The van der Waals surface area contributed by atoms with Gasteiger partial charge in [0.1, 0.15) is 11.5 Å². The molecule has 0 unspecified atom stereocenters. The molecule has 0 saturated carbocycles. The molecule has 8 heteroatoms. The third-order valence-corrected chi connectivity index (χ3v) is 7.14. The van der Waals surface area contributed by atoms with Gasteiger partial charge in [0.15, 0.2) is 0 Å². The Kier molecular flexibility index (Phi) is 7.77. The van der Waals surface area contributed by atoms with Crippen molar-refractivity contribution in [1.29, 1.82) is 0 Å². The molecule has 5 rings (SSSR count). The lowest BCUT2D eigenvalue weighted by Crippen LogP contribution is -2.29. The fraction of sp³-hybridized carbons (Fsp3) is 0.133. The first-order valence-electron chi connectivity index (χ1n) is 12.0. The van der Waals surface area contributed by atoms with Gasteiger partial charge < -0.3 is 14.4 Å². The number of amides is 1. The molecular formula is C30H26ClN3O3S. The van der Waals surface area contributed by atoms with Crippen molar-refractivity contribution in [3.8, 4) is 23.1 Å². The van der Waals surface area contributed by atoms with Gasteiger partial charge in [-0.05, 0) is 66.4 Å². The number of hydrogen-bond acceptors (Lipinski definition) is 5. The summed E-state index contributed by atoms with van der Waals surface area (Å²) in [5.41, 5.74) is 3.36. The highest BCUT2D eigenvalue weighted by atomic mass is 35.5. The number of rotatable bonds is 9. The van der Waals surface area contributed by atoms with E-state index in [9.17, 15) is 4.79 Å². The van der Waals surface area contributed by atoms with Gasteiger partial charge in [-0.3, -0.25) is 4.79 Å². The lowest BCUT2D eigenvalue weighted by molar-refractivity contribution is 0.0734. The number of carbonyl (C=O) groups is 1. The van der Waals surface area contributed by atoms with Gasteiger partial charge in [-0.25, -0.2) is 4.68 Å². The number of nitrogens with zero attached hydrogens (tertiary/aromatic N) is 3. The highest BCUT2D eigenvalue weighted by Gasteiger charge is 2.25. The Morgan fingerprint density at radius 3 is 2.39 bits per heavy atom. The van der Waals surface area contributed by atoms with E-state index in [-0.39, 0.29) is 5.91 Å². The Hall–Kier alpha value is -4.07. The molecule has 38 heavy (non-hydrogen) atoms. The number of ether oxygens (including phenoxy) is 2. The number of thiophene rings is 1. The summed E-state index contributed by atoms with van der Waals surface area (Å²) in [6.45, 7) is 2.68. The van der Waals surface area contributed by atoms with Crippen molar-refractivity contribution >= 4 is 28.8 Å². The van der Waals surface area contributed by atoms with Crippen molar-refractivity contribution in [3.05, 3.63) is 123 Å². The molecule has 0 N–H and O–H groups in total. The minimum atomic E-state index is -0.0471. The molecule has 5 aromatic rings. The van der Waals surface area contributed by atoms with Gasteiger partial charge in [-0.1, -0.05) is 54.1 Å². The lowest BCUT2D eigenvalue weighted by atomic mass is 10.1. The zero-order valence-electron chi connectivity index (χ0n) is 21.0. The van der Waals surface area contributed by atoms with E-state index in [2.05, 4.69) is 0 Å². The molecular weight excluding hydrogens is 518 g/mol. The number of hydrogen-bond donors (Lipinski definition) is 0. The molecule has 0 spiro atoms. The van der Waals surface area contributed by atoms with Crippen LogP contribution in [0.3, 0.4) is 0 Å². The normalized spacial score (nSPS) is 10.8. The van der Waals surface area contributed by atoms with Crippen molar-refractivity contribution in [2.75, 3.05) is 7.11 Å². The first-order chi connectivity index (χ1) is 18.5. The SMILES string of the molecule is COc1ccc(Oc2c(CN(Cc3ccccc3)C(=O)c3cccs3)c(C)nn2-c2cccc(Cl)c2)cc1. The molecule has 0 fully saturated rings. The number of aromatic nitrogens is 2. The van der Waals surface area contributed by atoms with Crippen LogP contribution in [-0.2, 0) is 13.1 Å². The average molecular weight is 544 g/mol. The number of benzene rings is 3. The van der Waals surface area contributed by atoms with Crippen LogP contribution in [0.1, 0.15) is 26.5 Å². The van der Waals surface area contributed by atoms with Crippen LogP contribution in [0.4, 0.5) is 0 Å². The highest BCUT2D eigenvalue weighted by molar-refractivity contribution is 7.12. The van der Waals surface area contributed by atoms with E-state index in [1.165, 1.54) is 11.3 Å². The molecule has 0 radical (unpaired) electrons. The van der Waals surface area contributed by atoms with Crippen molar-refractivity contribution in [2.45, 2.75) is 20.0 Å². The average Bonchev–Trinajstić information content (AvgIpc) is 3.58. The minimum absolute atomic E-state index is 0.0471. The molecule has 3 aromatic carbocycles. The quantitative estimate of drug-likeness (QED) is 0.193. The second-order valence-electron chi connectivity index (χ2n) is 8.66. The van der Waals surface area contributed by atoms with Gasteiger partial charge in [-0.2, -0.15) is 5.10 Å². The van der Waals surface area contributed by atoms with E-state index < -0.39 is 0 Å². The van der Waals surface area contributed by atoms with Crippen molar-refractivity contribution in [2.24, 2.45) is 0 Å². The van der Waals surface area contributed by atoms with Crippen LogP contribution in [0.5, 0.6) is 17.4 Å². The summed E-state index contributed by atoms with van der Waals surface area (Å²) in [5.74, 6) is 1.82.